The Balaban J connectivity index is 1.94. The van der Waals surface area contributed by atoms with Gasteiger partial charge in [0.2, 0.25) is 5.78 Å². The lowest BCUT2D eigenvalue weighted by Crippen LogP contribution is -2.42. The highest BCUT2D eigenvalue weighted by Gasteiger charge is 2.50. The third-order valence-electron chi connectivity index (χ3n) is 4.19. The van der Waals surface area contributed by atoms with Gasteiger partial charge in [-0.2, -0.15) is 0 Å². The van der Waals surface area contributed by atoms with Crippen molar-refractivity contribution >= 4 is 17.4 Å². The molecule has 1 aromatic heterocycles. The van der Waals surface area contributed by atoms with E-state index in [0.29, 0.717) is 17.8 Å². The number of unbranched alkanes of at least 4 members (excludes halogenated alkanes) is 1. The molecule has 1 aliphatic heterocycles. The minimum atomic E-state index is -1.83. The zero-order valence-electron chi connectivity index (χ0n) is 13.0. The number of para-hydroxylation sites is 1. The number of hydrogen-bond acceptors (Lipinski definition) is 4. The molecule has 0 saturated carbocycles. The zero-order valence-corrected chi connectivity index (χ0v) is 13.0. The van der Waals surface area contributed by atoms with Crippen LogP contribution in [0.2, 0.25) is 0 Å². The van der Waals surface area contributed by atoms with Crippen molar-refractivity contribution in [2.24, 2.45) is 0 Å². The van der Waals surface area contributed by atoms with E-state index in [1.165, 1.54) is 12.3 Å². The molecule has 23 heavy (non-hydrogen) atoms. The van der Waals surface area contributed by atoms with E-state index >= 15 is 0 Å². The third-order valence-corrected chi connectivity index (χ3v) is 4.19. The number of furan rings is 1. The van der Waals surface area contributed by atoms with Gasteiger partial charge in [0.25, 0.3) is 5.91 Å². The second-order valence-electron chi connectivity index (χ2n) is 5.77. The number of hydrogen-bond donors (Lipinski definition) is 1. The van der Waals surface area contributed by atoms with E-state index in [0.717, 1.165) is 12.8 Å². The first kappa shape index (κ1) is 15.5. The lowest BCUT2D eigenvalue weighted by atomic mass is 9.89. The zero-order chi connectivity index (χ0) is 16.4. The summed E-state index contributed by atoms with van der Waals surface area (Å²) in [4.78, 5) is 26.7. The predicted molar refractivity (Wildman–Crippen MR) is 85.3 cm³/mol. The van der Waals surface area contributed by atoms with Crippen LogP contribution in [0.1, 0.15) is 42.3 Å². The van der Waals surface area contributed by atoms with Crippen LogP contribution in [-0.2, 0) is 10.4 Å². The molecule has 0 radical (unpaired) electrons. The molecule has 1 aliphatic rings. The van der Waals surface area contributed by atoms with Crippen LogP contribution in [0.25, 0.3) is 0 Å². The number of carbonyl (C=O) groups is 2. The molecule has 5 heteroatoms. The summed E-state index contributed by atoms with van der Waals surface area (Å²) in [7, 11) is 0. The summed E-state index contributed by atoms with van der Waals surface area (Å²) in [6.45, 7) is 2.57. The Morgan fingerprint density at radius 2 is 2.04 bits per heavy atom. The van der Waals surface area contributed by atoms with Gasteiger partial charge in [-0.05, 0) is 24.6 Å². The average Bonchev–Trinajstić information content (AvgIpc) is 3.15. The van der Waals surface area contributed by atoms with Crippen molar-refractivity contribution in [2.45, 2.75) is 31.8 Å². The Labute approximate surface area is 134 Å². The fraction of sp³-hybridized carbons (Fsp3) is 0.333. The smallest absolute Gasteiger partial charge is 0.264 e. The maximum Gasteiger partial charge on any atom is 0.264 e. The standard InChI is InChI=1S/C18H19NO4/c1-2-3-10-19-14-8-5-4-7-13(14)18(22,17(19)21)12-15(20)16-9-6-11-23-16/h4-9,11,22H,2-3,10,12H2,1H3/t18-/m1/s1. The minimum absolute atomic E-state index is 0.149. The molecular formula is C18H19NO4. The molecule has 1 atom stereocenters. The Bertz CT molecular complexity index is 722. The number of carbonyl (C=O) groups excluding carboxylic acids is 2. The first-order valence-corrected chi connectivity index (χ1v) is 7.78. The number of anilines is 1. The predicted octanol–water partition coefficient (Wildman–Crippen LogP) is 2.89. The molecule has 0 bridgehead atoms. The number of aliphatic hydroxyl groups is 1. The van der Waals surface area contributed by atoms with E-state index in [1.807, 2.05) is 13.0 Å². The van der Waals surface area contributed by atoms with Crippen molar-refractivity contribution in [2.75, 3.05) is 11.4 Å². The van der Waals surface area contributed by atoms with E-state index < -0.39 is 17.3 Å². The molecule has 0 aliphatic carbocycles. The van der Waals surface area contributed by atoms with Crippen molar-refractivity contribution in [3.8, 4) is 0 Å². The number of ketones is 1. The third kappa shape index (κ3) is 2.57. The van der Waals surface area contributed by atoms with Gasteiger partial charge in [-0.15, -0.1) is 0 Å². The van der Waals surface area contributed by atoms with Crippen molar-refractivity contribution < 1.29 is 19.1 Å². The highest BCUT2D eigenvalue weighted by atomic mass is 16.3. The van der Waals surface area contributed by atoms with Crippen molar-refractivity contribution in [1.82, 2.24) is 0 Å². The second-order valence-corrected chi connectivity index (χ2v) is 5.77. The topological polar surface area (TPSA) is 70.8 Å². The minimum Gasteiger partial charge on any atom is -0.461 e. The molecule has 2 aromatic rings. The summed E-state index contributed by atoms with van der Waals surface area (Å²) in [5.74, 6) is -0.680. The molecule has 1 N–H and O–H groups in total. The Hall–Kier alpha value is -2.40. The van der Waals surface area contributed by atoms with Crippen LogP contribution in [0.5, 0.6) is 0 Å². The number of amides is 1. The van der Waals surface area contributed by atoms with Gasteiger partial charge in [0.05, 0.1) is 18.4 Å². The van der Waals surface area contributed by atoms with Gasteiger partial charge >= 0.3 is 0 Å². The molecule has 3 rings (SSSR count). The highest BCUT2D eigenvalue weighted by molar-refractivity contribution is 6.10. The van der Waals surface area contributed by atoms with Gasteiger partial charge in [-0.3, -0.25) is 9.59 Å². The quantitative estimate of drug-likeness (QED) is 0.832. The van der Waals surface area contributed by atoms with Gasteiger partial charge < -0.3 is 14.4 Å². The second kappa shape index (κ2) is 6.01. The van der Waals surface area contributed by atoms with Gasteiger partial charge in [-0.25, -0.2) is 0 Å². The van der Waals surface area contributed by atoms with Gasteiger partial charge in [0, 0.05) is 12.1 Å². The average molecular weight is 313 g/mol. The summed E-state index contributed by atoms with van der Waals surface area (Å²) in [5, 5.41) is 11.0. The van der Waals surface area contributed by atoms with Crippen LogP contribution >= 0.6 is 0 Å². The normalized spacial score (nSPS) is 19.9. The molecule has 120 valence electrons. The lowest BCUT2D eigenvalue weighted by molar-refractivity contribution is -0.135. The molecule has 5 nitrogen and oxygen atoms in total. The molecule has 0 unspecified atom stereocenters. The van der Waals surface area contributed by atoms with Crippen LogP contribution in [-0.4, -0.2) is 23.3 Å². The first-order chi connectivity index (χ1) is 11.1. The van der Waals surface area contributed by atoms with Crippen LogP contribution in [0, 0.1) is 0 Å². The molecule has 0 spiro atoms. The van der Waals surface area contributed by atoms with Crippen LogP contribution in [0.3, 0.4) is 0 Å². The van der Waals surface area contributed by atoms with E-state index in [9.17, 15) is 14.7 Å². The van der Waals surface area contributed by atoms with Gasteiger partial charge in [0.1, 0.15) is 0 Å². The summed E-state index contributed by atoms with van der Waals surface area (Å²) in [6, 6.07) is 10.2. The van der Waals surface area contributed by atoms with E-state index in [1.54, 1.807) is 29.2 Å². The molecule has 0 fully saturated rings. The molecule has 0 saturated heterocycles. The fourth-order valence-electron chi connectivity index (χ4n) is 2.97. The van der Waals surface area contributed by atoms with Gasteiger partial charge in [0.15, 0.2) is 11.4 Å². The number of Topliss-reactive ketones (excluding diaryl/α,β-unsaturated/α-hetero) is 1. The van der Waals surface area contributed by atoms with E-state index in [4.69, 9.17) is 4.42 Å². The van der Waals surface area contributed by atoms with E-state index in [-0.39, 0.29) is 12.2 Å². The number of rotatable bonds is 6. The monoisotopic (exact) mass is 313 g/mol. The van der Waals surface area contributed by atoms with Crippen LogP contribution < -0.4 is 4.90 Å². The summed E-state index contributed by atoms with van der Waals surface area (Å²) < 4.78 is 5.08. The Kier molecular flexibility index (Phi) is 4.05. The first-order valence-electron chi connectivity index (χ1n) is 7.78. The molecule has 2 heterocycles. The number of fused-ring (bicyclic) bond motifs is 1. The SMILES string of the molecule is CCCCN1C(=O)[C@@](O)(CC(=O)c2ccco2)c2ccccc21. The highest BCUT2D eigenvalue weighted by Crippen LogP contribution is 2.42. The number of benzene rings is 1. The number of nitrogens with zero attached hydrogens (tertiary/aromatic N) is 1. The fourth-order valence-corrected chi connectivity index (χ4v) is 2.97. The maximum atomic E-state index is 12.8. The molecule has 1 aromatic carbocycles. The van der Waals surface area contributed by atoms with Gasteiger partial charge in [-0.1, -0.05) is 31.5 Å². The Morgan fingerprint density at radius 1 is 1.26 bits per heavy atom. The lowest BCUT2D eigenvalue weighted by Gasteiger charge is -2.22. The summed E-state index contributed by atoms with van der Waals surface area (Å²) in [5.41, 5.74) is -0.657. The molecule has 1 amide bonds. The van der Waals surface area contributed by atoms with Crippen molar-refractivity contribution in [1.29, 1.82) is 0 Å². The summed E-state index contributed by atoms with van der Waals surface area (Å²) in [6.07, 6.45) is 2.85. The van der Waals surface area contributed by atoms with Crippen LogP contribution in [0.15, 0.2) is 47.1 Å². The molecular weight excluding hydrogens is 294 g/mol. The van der Waals surface area contributed by atoms with E-state index in [2.05, 4.69) is 0 Å². The largest absolute Gasteiger partial charge is 0.461 e. The van der Waals surface area contributed by atoms with Crippen molar-refractivity contribution in [3.63, 3.8) is 0 Å². The van der Waals surface area contributed by atoms with Crippen LogP contribution in [0.4, 0.5) is 5.69 Å². The maximum absolute atomic E-state index is 12.8. The van der Waals surface area contributed by atoms with Crippen molar-refractivity contribution in [3.05, 3.63) is 54.0 Å². The summed E-state index contributed by atoms with van der Waals surface area (Å²) >= 11 is 0. The Morgan fingerprint density at radius 3 is 2.74 bits per heavy atom.